The molecule has 1 aromatic carbocycles. The number of benzene rings is 1. The second-order valence-corrected chi connectivity index (χ2v) is 6.93. The fourth-order valence-corrected chi connectivity index (χ4v) is 3.45. The number of aromatic nitrogens is 1. The van der Waals surface area contributed by atoms with E-state index in [0.29, 0.717) is 30.4 Å². The van der Waals surface area contributed by atoms with Crippen molar-refractivity contribution < 1.29 is 37.5 Å². The van der Waals surface area contributed by atoms with Gasteiger partial charge in [0.1, 0.15) is 5.75 Å². The van der Waals surface area contributed by atoms with Crippen molar-refractivity contribution in [2.45, 2.75) is 31.5 Å². The van der Waals surface area contributed by atoms with Gasteiger partial charge in [-0.25, -0.2) is 10.3 Å². The van der Waals surface area contributed by atoms with Gasteiger partial charge in [-0.2, -0.15) is 13.2 Å². The van der Waals surface area contributed by atoms with Crippen LogP contribution in [0.3, 0.4) is 0 Å². The van der Waals surface area contributed by atoms with Gasteiger partial charge in [0, 0.05) is 18.4 Å². The Kier molecular flexibility index (Phi) is 6.54. The van der Waals surface area contributed by atoms with E-state index in [-0.39, 0.29) is 5.56 Å². The minimum Gasteiger partial charge on any atom is -0.419 e. The minimum atomic E-state index is -5.25. The van der Waals surface area contributed by atoms with E-state index in [1.807, 2.05) is 0 Å². The number of nitrogens with zero attached hydrogens (tertiary/aromatic N) is 1. The van der Waals surface area contributed by atoms with E-state index < -0.39 is 41.7 Å². The van der Waals surface area contributed by atoms with Gasteiger partial charge in [-0.15, -0.1) is 0 Å². The maximum atomic E-state index is 12.8. The van der Waals surface area contributed by atoms with Gasteiger partial charge >= 0.3 is 12.1 Å². The minimum absolute atomic E-state index is 0.300. The van der Waals surface area contributed by atoms with E-state index in [4.69, 9.17) is 5.21 Å². The van der Waals surface area contributed by atoms with E-state index in [1.54, 1.807) is 12.1 Å². The van der Waals surface area contributed by atoms with E-state index in [1.165, 1.54) is 30.0 Å². The Labute approximate surface area is 174 Å². The number of hydrogen-bond acceptors (Lipinski definition) is 6. The lowest BCUT2D eigenvalue weighted by molar-refractivity contribution is -0.189. The summed E-state index contributed by atoms with van der Waals surface area (Å²) in [4.78, 5) is 39.8. The molecule has 2 atom stereocenters. The molecule has 0 saturated heterocycles. The van der Waals surface area contributed by atoms with Crippen LogP contribution in [0.25, 0.3) is 11.1 Å². The first-order chi connectivity index (χ1) is 14.7. The highest BCUT2D eigenvalue weighted by Gasteiger charge is 2.42. The molecule has 8 nitrogen and oxygen atoms in total. The van der Waals surface area contributed by atoms with Crippen LogP contribution in [-0.4, -0.2) is 40.2 Å². The molecule has 1 heterocycles. The molecule has 1 aliphatic rings. The summed E-state index contributed by atoms with van der Waals surface area (Å²) >= 11 is 0. The lowest BCUT2D eigenvalue weighted by Gasteiger charge is -2.20. The average Bonchev–Trinajstić information content (AvgIpc) is 3.21. The van der Waals surface area contributed by atoms with Crippen molar-refractivity contribution in [2.24, 2.45) is 5.92 Å². The summed E-state index contributed by atoms with van der Waals surface area (Å²) < 4.78 is 42.7. The molecule has 0 unspecified atom stereocenters. The Morgan fingerprint density at radius 3 is 2.42 bits per heavy atom. The van der Waals surface area contributed by atoms with Crippen molar-refractivity contribution in [3.8, 4) is 16.9 Å². The van der Waals surface area contributed by atoms with Crippen LogP contribution in [0.15, 0.2) is 42.7 Å². The number of hydrogen-bond donors (Lipinski definition) is 3. The summed E-state index contributed by atoms with van der Waals surface area (Å²) in [6.45, 7) is 0. The SMILES string of the molecule is O=C(N[C@@H]1CCC[C@@H]1C(=O)NO)c1ccc(-c2ccncc2)cc1OC(=O)C(F)(F)F. The molecule has 0 aliphatic heterocycles. The number of rotatable bonds is 5. The van der Waals surface area contributed by atoms with Crippen molar-refractivity contribution in [2.75, 3.05) is 0 Å². The average molecular weight is 437 g/mol. The number of hydroxylamine groups is 1. The molecule has 2 aromatic rings. The zero-order valence-corrected chi connectivity index (χ0v) is 16.0. The molecular weight excluding hydrogens is 419 g/mol. The number of alkyl halides is 3. The zero-order chi connectivity index (χ0) is 22.6. The number of amides is 2. The van der Waals surface area contributed by atoms with Crippen LogP contribution >= 0.6 is 0 Å². The van der Waals surface area contributed by atoms with E-state index in [0.717, 1.165) is 6.07 Å². The first-order valence-electron chi connectivity index (χ1n) is 9.29. The molecular formula is C20H18F3N3O5. The summed E-state index contributed by atoms with van der Waals surface area (Å²) in [5.41, 5.74) is 2.23. The normalized spacial score (nSPS) is 18.3. The molecule has 11 heteroatoms. The van der Waals surface area contributed by atoms with Gasteiger partial charge in [-0.05, 0) is 48.2 Å². The number of carbonyl (C=O) groups excluding carboxylic acids is 3. The standard InChI is InChI=1S/C20H18F3N3O5/c21-20(22,23)19(29)31-16-10-12(11-6-8-24-9-7-11)4-5-14(16)17(27)25-15-3-1-2-13(15)18(28)26-30/h4-10,13,15,30H,1-3H2,(H,25,27)(H,26,28)/t13-,15+/m0/s1. The lowest BCUT2D eigenvalue weighted by Crippen LogP contribution is -2.43. The maximum Gasteiger partial charge on any atom is 0.491 e. The Balaban J connectivity index is 1.91. The van der Waals surface area contributed by atoms with Gasteiger partial charge in [0.05, 0.1) is 11.5 Å². The maximum absolute atomic E-state index is 12.8. The van der Waals surface area contributed by atoms with Crippen molar-refractivity contribution in [1.29, 1.82) is 0 Å². The topological polar surface area (TPSA) is 118 Å². The Hall–Kier alpha value is -3.47. The Morgan fingerprint density at radius 2 is 1.77 bits per heavy atom. The monoisotopic (exact) mass is 437 g/mol. The largest absolute Gasteiger partial charge is 0.491 e. The second-order valence-electron chi connectivity index (χ2n) is 6.93. The molecule has 1 aliphatic carbocycles. The number of pyridine rings is 1. The number of nitrogens with one attached hydrogen (secondary N) is 2. The fourth-order valence-electron chi connectivity index (χ4n) is 3.45. The van der Waals surface area contributed by atoms with Crippen LogP contribution in [0.4, 0.5) is 13.2 Å². The molecule has 0 spiro atoms. The second kappa shape index (κ2) is 9.13. The van der Waals surface area contributed by atoms with E-state index in [2.05, 4.69) is 15.0 Å². The number of carbonyl (C=O) groups is 3. The quantitative estimate of drug-likeness (QED) is 0.287. The van der Waals surface area contributed by atoms with Crippen LogP contribution in [-0.2, 0) is 9.59 Å². The van der Waals surface area contributed by atoms with Gasteiger partial charge in [0.25, 0.3) is 5.91 Å². The summed E-state index contributed by atoms with van der Waals surface area (Å²) in [5, 5.41) is 11.4. The molecule has 31 heavy (non-hydrogen) atoms. The number of ether oxygens (including phenoxy) is 1. The zero-order valence-electron chi connectivity index (χ0n) is 16.0. The summed E-state index contributed by atoms with van der Waals surface area (Å²) in [6, 6.07) is 6.44. The third-order valence-corrected chi connectivity index (χ3v) is 4.95. The van der Waals surface area contributed by atoms with Gasteiger partial charge in [0.15, 0.2) is 0 Å². The Bertz CT molecular complexity index is 982. The van der Waals surface area contributed by atoms with Gasteiger partial charge in [-0.3, -0.25) is 19.8 Å². The van der Waals surface area contributed by atoms with Crippen LogP contribution in [0.2, 0.25) is 0 Å². The molecule has 3 N–H and O–H groups in total. The third kappa shape index (κ3) is 5.18. The first kappa shape index (κ1) is 22.2. The van der Waals surface area contributed by atoms with Crippen LogP contribution in [0.1, 0.15) is 29.6 Å². The van der Waals surface area contributed by atoms with Gasteiger partial charge in [-0.1, -0.05) is 12.5 Å². The number of esters is 1. The predicted molar refractivity (Wildman–Crippen MR) is 99.9 cm³/mol. The van der Waals surface area contributed by atoms with E-state index in [9.17, 15) is 27.6 Å². The Morgan fingerprint density at radius 1 is 1.06 bits per heavy atom. The summed E-state index contributed by atoms with van der Waals surface area (Å²) in [6.07, 6.45) is -0.825. The fraction of sp³-hybridized carbons (Fsp3) is 0.300. The van der Waals surface area contributed by atoms with Crippen LogP contribution < -0.4 is 15.5 Å². The molecule has 164 valence electrons. The molecule has 1 aromatic heterocycles. The molecule has 2 amide bonds. The molecule has 3 rings (SSSR count). The summed E-state index contributed by atoms with van der Waals surface area (Å²) in [7, 11) is 0. The highest BCUT2D eigenvalue weighted by Crippen LogP contribution is 2.31. The molecule has 1 saturated carbocycles. The van der Waals surface area contributed by atoms with Gasteiger partial charge < -0.3 is 10.1 Å². The first-order valence-corrected chi connectivity index (χ1v) is 9.29. The van der Waals surface area contributed by atoms with Crippen molar-refractivity contribution in [3.63, 3.8) is 0 Å². The van der Waals surface area contributed by atoms with Crippen LogP contribution in [0, 0.1) is 5.92 Å². The summed E-state index contributed by atoms with van der Waals surface area (Å²) in [5.74, 6) is -5.21. The van der Waals surface area contributed by atoms with E-state index >= 15 is 0 Å². The smallest absolute Gasteiger partial charge is 0.419 e. The van der Waals surface area contributed by atoms with Crippen LogP contribution in [0.5, 0.6) is 5.75 Å². The third-order valence-electron chi connectivity index (χ3n) is 4.95. The highest BCUT2D eigenvalue weighted by molar-refractivity contribution is 5.99. The molecule has 1 fully saturated rings. The molecule has 0 bridgehead atoms. The lowest BCUT2D eigenvalue weighted by atomic mass is 10.0. The van der Waals surface area contributed by atoms with Gasteiger partial charge in [0.2, 0.25) is 5.91 Å². The molecule has 0 radical (unpaired) electrons. The van der Waals surface area contributed by atoms with Crippen molar-refractivity contribution in [1.82, 2.24) is 15.8 Å². The predicted octanol–water partition coefficient (Wildman–Crippen LogP) is 2.62. The highest BCUT2D eigenvalue weighted by atomic mass is 19.4. The van der Waals surface area contributed by atoms with Crippen molar-refractivity contribution >= 4 is 17.8 Å². The van der Waals surface area contributed by atoms with Crippen molar-refractivity contribution in [3.05, 3.63) is 48.3 Å². The number of halogens is 3.